The molecule has 0 saturated carbocycles. The fraction of sp³-hybridized carbons (Fsp3) is 0.238. The van der Waals surface area contributed by atoms with Crippen molar-refractivity contribution < 1.29 is 17.9 Å². The van der Waals surface area contributed by atoms with Crippen LogP contribution in [0.4, 0.5) is 28.8 Å². The highest BCUT2D eigenvalue weighted by atomic mass is 35.5. The lowest BCUT2D eigenvalue weighted by Crippen LogP contribution is -2.17. The van der Waals surface area contributed by atoms with Gasteiger partial charge in [-0.3, -0.25) is 4.79 Å². The highest BCUT2D eigenvalue weighted by molar-refractivity contribution is 7.92. The molecule has 0 spiro atoms. The molecule has 0 saturated heterocycles. The maximum absolute atomic E-state index is 12.7. The molecule has 180 valence electrons. The van der Waals surface area contributed by atoms with Gasteiger partial charge in [0.15, 0.2) is 20.7 Å². The number of methoxy groups -OCH3 is 1. The van der Waals surface area contributed by atoms with Crippen LogP contribution < -0.4 is 20.7 Å². The highest BCUT2D eigenvalue weighted by Gasteiger charge is 2.25. The number of nitrogens with zero attached hydrogens (tertiary/aromatic N) is 3. The van der Waals surface area contributed by atoms with E-state index in [4.69, 9.17) is 27.9 Å². The molecule has 3 rings (SSSR count). The minimum absolute atomic E-state index is 0.106. The van der Waals surface area contributed by atoms with E-state index >= 15 is 0 Å². The monoisotopic (exact) mass is 524 g/mol. The number of benzene rings is 1. The Morgan fingerprint density at radius 3 is 2.59 bits per heavy atom. The molecule has 0 aliphatic rings. The number of carbonyl (C=O) groups excluding carboxylic acids is 1. The highest BCUT2D eigenvalue weighted by Crippen LogP contribution is 2.32. The van der Waals surface area contributed by atoms with E-state index in [9.17, 15) is 13.2 Å². The molecule has 3 N–H and O–H groups in total. The number of hydrogen-bond acceptors (Lipinski definition) is 9. The van der Waals surface area contributed by atoms with Gasteiger partial charge in [0, 0.05) is 18.0 Å². The second kappa shape index (κ2) is 10.9. The first kappa shape index (κ1) is 25.5. The molecule has 3 aromatic rings. The predicted octanol–water partition coefficient (Wildman–Crippen LogP) is 4.38. The summed E-state index contributed by atoms with van der Waals surface area (Å²) in [6.45, 7) is 3.15. The summed E-state index contributed by atoms with van der Waals surface area (Å²) in [6.07, 6.45) is 2.77. The molecule has 34 heavy (non-hydrogen) atoms. The lowest BCUT2D eigenvalue weighted by Gasteiger charge is -2.15. The molecule has 0 bridgehead atoms. The maximum atomic E-state index is 12.7. The molecule has 13 heteroatoms. The summed E-state index contributed by atoms with van der Waals surface area (Å²) in [6, 6.07) is 8.11. The summed E-state index contributed by atoms with van der Waals surface area (Å²) >= 11 is 11.8. The molecule has 2 aromatic heterocycles. The Hall–Kier alpha value is -3.15. The van der Waals surface area contributed by atoms with Crippen molar-refractivity contribution in [1.29, 1.82) is 0 Å². The second-order valence-electron chi connectivity index (χ2n) is 7.19. The Morgan fingerprint density at radius 1 is 1.15 bits per heavy atom. The van der Waals surface area contributed by atoms with Crippen molar-refractivity contribution in [2.75, 3.05) is 28.9 Å². The number of sulfone groups is 1. The molecular formula is C21H22Cl2N6O4S. The first-order chi connectivity index (χ1) is 16.1. The van der Waals surface area contributed by atoms with Gasteiger partial charge in [-0.1, -0.05) is 11.6 Å². The predicted molar refractivity (Wildman–Crippen MR) is 133 cm³/mol. The Morgan fingerprint density at radius 2 is 1.91 bits per heavy atom. The van der Waals surface area contributed by atoms with Gasteiger partial charge in [0.25, 0.3) is 0 Å². The number of carbonyl (C=O) groups is 1. The van der Waals surface area contributed by atoms with Crippen LogP contribution in [0.5, 0.6) is 5.75 Å². The number of amides is 1. The first-order valence-corrected chi connectivity index (χ1v) is 12.4. The van der Waals surface area contributed by atoms with Crippen molar-refractivity contribution in [3.63, 3.8) is 0 Å². The fourth-order valence-electron chi connectivity index (χ4n) is 2.77. The zero-order chi connectivity index (χ0) is 24.9. The molecule has 0 aliphatic carbocycles. The van der Waals surface area contributed by atoms with Crippen LogP contribution in [0.3, 0.4) is 0 Å². The van der Waals surface area contributed by atoms with E-state index in [1.165, 1.54) is 19.5 Å². The summed E-state index contributed by atoms with van der Waals surface area (Å²) in [5.41, 5.74) is 1.26. The number of halogens is 2. The number of rotatable bonds is 9. The molecule has 1 aromatic carbocycles. The molecular weight excluding hydrogens is 503 g/mol. The van der Waals surface area contributed by atoms with Crippen LogP contribution in [-0.4, -0.2) is 47.5 Å². The zero-order valence-electron chi connectivity index (χ0n) is 18.5. The van der Waals surface area contributed by atoms with Crippen LogP contribution in [0.25, 0.3) is 0 Å². The number of aromatic nitrogens is 3. The lowest BCUT2D eigenvalue weighted by molar-refractivity contribution is -0.113. The van der Waals surface area contributed by atoms with Crippen molar-refractivity contribution in [2.45, 2.75) is 24.1 Å². The average Bonchev–Trinajstić information content (AvgIpc) is 2.82. The molecule has 0 unspecified atom stereocenters. The van der Waals surface area contributed by atoms with Gasteiger partial charge in [-0.2, -0.15) is 4.98 Å². The molecule has 1 amide bonds. The number of anilines is 5. The lowest BCUT2D eigenvalue weighted by atomic mass is 10.2. The van der Waals surface area contributed by atoms with Crippen LogP contribution >= 0.6 is 23.2 Å². The van der Waals surface area contributed by atoms with E-state index in [1.807, 2.05) is 0 Å². The quantitative estimate of drug-likeness (QED) is 0.348. The number of nitrogens with one attached hydrogen (secondary N) is 3. The molecule has 0 aliphatic heterocycles. The van der Waals surface area contributed by atoms with Gasteiger partial charge in [0.1, 0.15) is 16.7 Å². The van der Waals surface area contributed by atoms with Gasteiger partial charge >= 0.3 is 0 Å². The Kier molecular flexibility index (Phi) is 8.13. The van der Waals surface area contributed by atoms with E-state index in [0.717, 1.165) is 0 Å². The van der Waals surface area contributed by atoms with Gasteiger partial charge in [-0.05, 0) is 38.1 Å². The van der Waals surface area contributed by atoms with Crippen molar-refractivity contribution in [3.05, 3.63) is 47.7 Å². The SMILES string of the molecule is COc1cc(NC(=O)CCl)ccc1Nc1ncc(Cl)c(Nc2cccnc2S(=O)(=O)C(C)C)n1. The van der Waals surface area contributed by atoms with Crippen molar-refractivity contribution in [3.8, 4) is 5.75 Å². The second-order valence-corrected chi connectivity index (χ2v) is 10.3. The molecule has 0 radical (unpaired) electrons. The van der Waals surface area contributed by atoms with Crippen molar-refractivity contribution in [1.82, 2.24) is 15.0 Å². The third kappa shape index (κ3) is 5.85. The van der Waals surface area contributed by atoms with E-state index in [2.05, 4.69) is 30.9 Å². The summed E-state index contributed by atoms with van der Waals surface area (Å²) in [5, 5.41) is 7.99. The average molecular weight is 525 g/mol. The summed E-state index contributed by atoms with van der Waals surface area (Å²) < 4.78 is 30.8. The molecule has 10 nitrogen and oxygen atoms in total. The van der Waals surface area contributed by atoms with Crippen molar-refractivity contribution in [2.24, 2.45) is 0 Å². The largest absolute Gasteiger partial charge is 0.494 e. The fourth-order valence-corrected chi connectivity index (χ4v) is 4.05. The van der Waals surface area contributed by atoms with Crippen LogP contribution in [0, 0.1) is 0 Å². The van der Waals surface area contributed by atoms with Crippen LogP contribution in [0.1, 0.15) is 13.8 Å². The van der Waals surface area contributed by atoms with Crippen LogP contribution in [0.2, 0.25) is 5.02 Å². The van der Waals surface area contributed by atoms with Gasteiger partial charge < -0.3 is 20.7 Å². The van der Waals surface area contributed by atoms with E-state index in [0.29, 0.717) is 17.1 Å². The van der Waals surface area contributed by atoms with E-state index < -0.39 is 15.1 Å². The maximum Gasteiger partial charge on any atom is 0.239 e. The number of alkyl halides is 1. The zero-order valence-corrected chi connectivity index (χ0v) is 20.8. The standard InChI is InChI=1S/C21H22Cl2N6O4S/c1-12(2)34(31,32)20-16(5-4-8-24-20)27-19-14(23)11-25-21(29-19)28-15-7-6-13(9-17(15)33-3)26-18(30)10-22/h4-9,11-12H,10H2,1-3H3,(H,26,30)(H2,25,27,28,29). The Balaban J connectivity index is 1.90. The number of hydrogen-bond donors (Lipinski definition) is 3. The summed E-state index contributed by atoms with van der Waals surface area (Å²) in [7, 11) is -2.18. The van der Waals surface area contributed by atoms with E-state index in [-0.39, 0.29) is 39.3 Å². The number of pyridine rings is 1. The minimum atomic E-state index is -3.65. The molecule has 0 atom stereocenters. The smallest absolute Gasteiger partial charge is 0.239 e. The van der Waals surface area contributed by atoms with Crippen LogP contribution in [0.15, 0.2) is 47.8 Å². The van der Waals surface area contributed by atoms with Gasteiger partial charge in [0.2, 0.25) is 11.9 Å². The third-order valence-electron chi connectivity index (χ3n) is 4.51. The van der Waals surface area contributed by atoms with Gasteiger partial charge in [-0.25, -0.2) is 18.4 Å². The molecule has 0 fully saturated rings. The normalized spacial score (nSPS) is 11.2. The van der Waals surface area contributed by atoms with Crippen molar-refractivity contribution >= 4 is 67.8 Å². The summed E-state index contributed by atoms with van der Waals surface area (Å²) in [5.74, 6) is 0.235. The Bertz CT molecular complexity index is 1300. The summed E-state index contributed by atoms with van der Waals surface area (Å²) in [4.78, 5) is 24.1. The first-order valence-electron chi connectivity index (χ1n) is 9.95. The van der Waals surface area contributed by atoms with Crippen LogP contribution in [-0.2, 0) is 14.6 Å². The van der Waals surface area contributed by atoms with E-state index in [1.54, 1.807) is 44.2 Å². The minimum Gasteiger partial charge on any atom is -0.494 e. The topological polar surface area (TPSA) is 135 Å². The van der Waals surface area contributed by atoms with Gasteiger partial charge in [0.05, 0.1) is 29.9 Å². The Labute approximate surface area is 207 Å². The van der Waals surface area contributed by atoms with Gasteiger partial charge in [-0.15, -0.1) is 11.6 Å². The third-order valence-corrected chi connectivity index (χ3v) is 7.14. The number of ether oxygens (including phenoxy) is 1. The molecule has 2 heterocycles.